The van der Waals surface area contributed by atoms with Crippen molar-refractivity contribution < 1.29 is 14.9 Å². The minimum Gasteiger partial charge on any atom is -0.394 e. The first-order valence-corrected chi connectivity index (χ1v) is 5.20. The number of benzene rings is 1. The predicted octanol–water partition coefficient (Wildman–Crippen LogP) is 1.16. The molecule has 0 aliphatic rings. The standard InChI is InChI=1S/C8H7N.C4H10O3/c1-2-4-8-7(3-1)5-6-9-8;5-1-3-7-4-2-6/h1-6,9H;5-6H,1-4H2. The van der Waals surface area contributed by atoms with E-state index in [0.717, 1.165) is 0 Å². The Labute approximate surface area is 94.5 Å². The van der Waals surface area contributed by atoms with Crippen LogP contribution in [0.1, 0.15) is 0 Å². The maximum absolute atomic E-state index is 8.09. The van der Waals surface area contributed by atoms with E-state index in [4.69, 9.17) is 10.2 Å². The van der Waals surface area contributed by atoms with Crippen LogP contribution in [-0.4, -0.2) is 41.6 Å². The van der Waals surface area contributed by atoms with Gasteiger partial charge in [0.05, 0.1) is 26.4 Å². The summed E-state index contributed by atoms with van der Waals surface area (Å²) in [6, 6.07) is 10.3. The molecular weight excluding hydrogens is 206 g/mol. The van der Waals surface area contributed by atoms with Gasteiger partial charge in [-0.1, -0.05) is 18.2 Å². The number of aromatic nitrogens is 1. The zero-order valence-electron chi connectivity index (χ0n) is 9.10. The van der Waals surface area contributed by atoms with Crippen LogP contribution in [0.4, 0.5) is 0 Å². The van der Waals surface area contributed by atoms with E-state index in [1.54, 1.807) is 0 Å². The molecule has 0 spiro atoms. The third kappa shape index (κ3) is 4.44. The van der Waals surface area contributed by atoms with Crippen LogP contribution in [0.25, 0.3) is 10.9 Å². The molecule has 2 rings (SSSR count). The molecule has 1 aromatic carbocycles. The van der Waals surface area contributed by atoms with Crippen molar-refractivity contribution >= 4 is 10.9 Å². The summed E-state index contributed by atoms with van der Waals surface area (Å²) < 4.78 is 4.63. The van der Waals surface area contributed by atoms with Crippen molar-refractivity contribution in [2.24, 2.45) is 0 Å². The van der Waals surface area contributed by atoms with Crippen LogP contribution in [0.2, 0.25) is 0 Å². The van der Waals surface area contributed by atoms with Gasteiger partial charge in [0.25, 0.3) is 0 Å². The van der Waals surface area contributed by atoms with Crippen LogP contribution >= 0.6 is 0 Å². The number of rotatable bonds is 4. The van der Waals surface area contributed by atoms with Crippen LogP contribution in [0.5, 0.6) is 0 Å². The Morgan fingerprint density at radius 2 is 1.69 bits per heavy atom. The molecule has 0 aliphatic heterocycles. The van der Waals surface area contributed by atoms with Crippen molar-refractivity contribution in [3.05, 3.63) is 36.5 Å². The molecule has 0 radical (unpaired) electrons. The van der Waals surface area contributed by atoms with E-state index in [0.29, 0.717) is 13.2 Å². The lowest BCUT2D eigenvalue weighted by Gasteiger charge is -1.94. The molecule has 0 saturated carbocycles. The highest BCUT2D eigenvalue weighted by Gasteiger charge is 1.86. The number of aromatic amines is 1. The molecule has 1 aromatic heterocycles. The van der Waals surface area contributed by atoms with Crippen molar-refractivity contribution in [2.75, 3.05) is 26.4 Å². The number of para-hydroxylation sites is 1. The van der Waals surface area contributed by atoms with Gasteiger partial charge in [0, 0.05) is 11.7 Å². The molecule has 0 atom stereocenters. The van der Waals surface area contributed by atoms with Crippen LogP contribution in [0, 0.1) is 0 Å². The summed E-state index contributed by atoms with van der Waals surface area (Å²) in [5, 5.41) is 17.4. The molecule has 4 nitrogen and oxygen atoms in total. The number of nitrogens with one attached hydrogen (secondary N) is 1. The SMILES string of the molecule is OCCOCCO.c1ccc2[nH]ccc2c1. The summed E-state index contributed by atoms with van der Waals surface area (Å²) in [7, 11) is 0. The number of aliphatic hydroxyl groups is 2. The van der Waals surface area contributed by atoms with Gasteiger partial charge in [-0.3, -0.25) is 0 Å². The van der Waals surface area contributed by atoms with Gasteiger partial charge in [0.1, 0.15) is 0 Å². The number of fused-ring (bicyclic) bond motifs is 1. The fourth-order valence-corrected chi connectivity index (χ4v) is 1.23. The van der Waals surface area contributed by atoms with E-state index in [1.165, 1.54) is 10.9 Å². The molecular formula is C12H17NO3. The van der Waals surface area contributed by atoms with Gasteiger partial charge in [-0.15, -0.1) is 0 Å². The van der Waals surface area contributed by atoms with Crippen molar-refractivity contribution in [3.8, 4) is 0 Å². The van der Waals surface area contributed by atoms with Gasteiger partial charge in [0.15, 0.2) is 0 Å². The third-order valence-electron chi connectivity index (χ3n) is 1.93. The Kier molecular flexibility index (Phi) is 6.25. The average molecular weight is 223 g/mol. The van der Waals surface area contributed by atoms with Gasteiger partial charge < -0.3 is 19.9 Å². The van der Waals surface area contributed by atoms with Crippen LogP contribution in [0.3, 0.4) is 0 Å². The zero-order valence-corrected chi connectivity index (χ0v) is 9.10. The lowest BCUT2D eigenvalue weighted by Crippen LogP contribution is -2.03. The summed E-state index contributed by atoms with van der Waals surface area (Å²) in [5.41, 5.74) is 1.21. The Bertz CT molecular complexity index is 352. The maximum Gasteiger partial charge on any atom is 0.0698 e. The Hall–Kier alpha value is -1.36. The topological polar surface area (TPSA) is 65.5 Å². The van der Waals surface area contributed by atoms with Crippen molar-refractivity contribution in [1.82, 2.24) is 4.98 Å². The molecule has 16 heavy (non-hydrogen) atoms. The van der Waals surface area contributed by atoms with E-state index in [9.17, 15) is 0 Å². The molecule has 0 bridgehead atoms. The molecule has 0 saturated heterocycles. The highest BCUT2D eigenvalue weighted by atomic mass is 16.5. The molecule has 0 unspecified atom stereocenters. The first kappa shape index (κ1) is 12.7. The summed E-state index contributed by atoms with van der Waals surface area (Å²) in [5.74, 6) is 0. The number of aliphatic hydroxyl groups excluding tert-OH is 2. The van der Waals surface area contributed by atoms with E-state index in [1.807, 2.05) is 18.3 Å². The molecule has 0 aliphatic carbocycles. The maximum atomic E-state index is 8.09. The average Bonchev–Trinajstić information content (AvgIpc) is 2.78. The number of hydrogen-bond acceptors (Lipinski definition) is 3. The third-order valence-corrected chi connectivity index (χ3v) is 1.93. The molecule has 4 heteroatoms. The largest absolute Gasteiger partial charge is 0.394 e. The van der Waals surface area contributed by atoms with Crippen molar-refractivity contribution in [2.45, 2.75) is 0 Å². The highest BCUT2D eigenvalue weighted by Crippen LogP contribution is 2.09. The number of H-pyrrole nitrogens is 1. The fraction of sp³-hybridized carbons (Fsp3) is 0.333. The lowest BCUT2D eigenvalue weighted by molar-refractivity contribution is 0.0650. The van der Waals surface area contributed by atoms with Gasteiger partial charge in [-0.05, 0) is 17.5 Å². The normalized spacial score (nSPS) is 9.88. The monoisotopic (exact) mass is 223 g/mol. The second-order valence-corrected chi connectivity index (χ2v) is 3.12. The van der Waals surface area contributed by atoms with Gasteiger partial charge in [0.2, 0.25) is 0 Å². The van der Waals surface area contributed by atoms with E-state index in [-0.39, 0.29) is 13.2 Å². The first-order valence-electron chi connectivity index (χ1n) is 5.20. The molecule has 1 heterocycles. The Balaban J connectivity index is 0.000000168. The smallest absolute Gasteiger partial charge is 0.0698 e. The van der Waals surface area contributed by atoms with E-state index < -0.39 is 0 Å². The zero-order chi connectivity index (χ0) is 11.6. The van der Waals surface area contributed by atoms with Crippen molar-refractivity contribution in [1.29, 1.82) is 0 Å². The van der Waals surface area contributed by atoms with Crippen molar-refractivity contribution in [3.63, 3.8) is 0 Å². The minimum absolute atomic E-state index is 0.0278. The highest BCUT2D eigenvalue weighted by molar-refractivity contribution is 5.78. The molecule has 0 fully saturated rings. The van der Waals surface area contributed by atoms with E-state index in [2.05, 4.69) is 27.9 Å². The summed E-state index contributed by atoms with van der Waals surface area (Å²) in [4.78, 5) is 3.12. The summed E-state index contributed by atoms with van der Waals surface area (Å²) >= 11 is 0. The van der Waals surface area contributed by atoms with Crippen LogP contribution in [-0.2, 0) is 4.74 Å². The summed E-state index contributed by atoms with van der Waals surface area (Å²) in [6.07, 6.45) is 1.95. The van der Waals surface area contributed by atoms with E-state index >= 15 is 0 Å². The Morgan fingerprint density at radius 1 is 1.00 bits per heavy atom. The minimum atomic E-state index is 0.0278. The molecule has 88 valence electrons. The quantitative estimate of drug-likeness (QED) is 0.681. The second kappa shape index (κ2) is 7.87. The van der Waals surface area contributed by atoms with Gasteiger partial charge >= 0.3 is 0 Å². The van der Waals surface area contributed by atoms with Crippen LogP contribution in [0.15, 0.2) is 36.5 Å². The fourth-order valence-electron chi connectivity index (χ4n) is 1.23. The first-order chi connectivity index (χ1) is 7.88. The predicted molar refractivity (Wildman–Crippen MR) is 63.3 cm³/mol. The number of ether oxygens (including phenoxy) is 1. The second-order valence-electron chi connectivity index (χ2n) is 3.12. The van der Waals surface area contributed by atoms with Gasteiger partial charge in [-0.2, -0.15) is 0 Å². The molecule has 0 amide bonds. The molecule has 2 aromatic rings. The number of hydrogen-bond donors (Lipinski definition) is 3. The Morgan fingerprint density at radius 3 is 2.31 bits per heavy atom. The van der Waals surface area contributed by atoms with Gasteiger partial charge in [-0.25, -0.2) is 0 Å². The molecule has 3 N–H and O–H groups in total. The lowest BCUT2D eigenvalue weighted by atomic mass is 10.3. The van der Waals surface area contributed by atoms with Crippen LogP contribution < -0.4 is 0 Å². The summed E-state index contributed by atoms with van der Waals surface area (Å²) in [6.45, 7) is 0.696.